The number of aliphatic carboxylic acids is 1. The summed E-state index contributed by atoms with van der Waals surface area (Å²) >= 11 is 0. The van der Waals surface area contributed by atoms with E-state index in [2.05, 4.69) is 153 Å². The molecule has 656 valence electrons. The number of esters is 2. The van der Waals surface area contributed by atoms with Crippen molar-refractivity contribution in [2.75, 3.05) is 7.11 Å². The number of allylic oxidation sites excluding steroid dienone is 6. The average molecular weight is 1630 g/mol. The lowest BCUT2D eigenvalue weighted by Gasteiger charge is -2.62. The van der Waals surface area contributed by atoms with E-state index in [9.17, 15) is 54.0 Å². The Hall–Kier alpha value is -5.73. The monoisotopic (exact) mass is 1630 g/mol. The molecule has 15 heteroatoms. The van der Waals surface area contributed by atoms with E-state index in [-0.39, 0.29) is 99.0 Å². The number of hydrogen-bond acceptors (Lipinski definition) is 14. The minimum absolute atomic E-state index is 0.00246. The number of fused-ring (bicyclic) bond motifs is 15. The predicted molar refractivity (Wildman–Crippen MR) is 463 cm³/mol. The van der Waals surface area contributed by atoms with Crippen molar-refractivity contribution in [1.82, 2.24) is 0 Å². The van der Waals surface area contributed by atoms with Gasteiger partial charge in [-0.05, 0) is 320 Å². The third-order valence-electron chi connectivity index (χ3n) is 35.6. The second kappa shape index (κ2) is 36.6. The summed E-state index contributed by atoms with van der Waals surface area (Å²) in [5, 5.41) is 41.2. The maximum Gasteiger partial charge on any atom is 0.373 e. The fourth-order valence-electron chi connectivity index (χ4n) is 29.7. The number of rotatable bonds is 12. The van der Waals surface area contributed by atoms with Crippen LogP contribution in [0.15, 0.2) is 78.0 Å². The van der Waals surface area contributed by atoms with Gasteiger partial charge in [0.25, 0.3) is 0 Å². The van der Waals surface area contributed by atoms with E-state index >= 15 is 0 Å². The van der Waals surface area contributed by atoms with Gasteiger partial charge in [0.2, 0.25) is 0 Å². The molecule has 15 rings (SSSR count). The number of carboxylic acid groups (broad SMARTS) is 1. The molecule has 15 nitrogen and oxygen atoms in total. The molecular weight excluding hydrogens is 1480 g/mol. The van der Waals surface area contributed by atoms with E-state index in [1.54, 1.807) is 25.5 Å². The number of ketones is 4. The summed E-state index contributed by atoms with van der Waals surface area (Å²) < 4.78 is 10.9. The van der Waals surface area contributed by atoms with Crippen molar-refractivity contribution in [1.29, 1.82) is 0 Å². The number of carbonyl (C=O) groups is 7. The number of aliphatic hydroxyl groups excluding tert-OH is 1. The molecule has 0 heterocycles. The van der Waals surface area contributed by atoms with Gasteiger partial charge >= 0.3 is 24.1 Å². The van der Waals surface area contributed by atoms with E-state index in [1.165, 1.54) is 80.4 Å². The van der Waals surface area contributed by atoms with Gasteiger partial charge in [-0.3, -0.25) is 28.8 Å². The van der Waals surface area contributed by atoms with Crippen LogP contribution in [-0.2, 0) is 59.0 Å². The Morgan fingerprint density at radius 2 is 1.42 bits per heavy atom. The average Bonchev–Trinajstić information content (AvgIpc) is 0.962. The van der Waals surface area contributed by atoms with Crippen molar-refractivity contribution < 1.29 is 73.1 Å². The van der Waals surface area contributed by atoms with Gasteiger partial charge in [0.15, 0.2) is 0 Å². The summed E-state index contributed by atoms with van der Waals surface area (Å²) in [5.74, 6) is 8.57. The van der Waals surface area contributed by atoms with Crippen LogP contribution >= 0.6 is 0 Å². The molecule has 1 aromatic carbocycles. The van der Waals surface area contributed by atoms with Gasteiger partial charge in [-0.1, -0.05) is 162 Å². The van der Waals surface area contributed by atoms with Crippen LogP contribution in [-0.4, -0.2) is 98.1 Å². The quantitative estimate of drug-likeness (QED) is 0.0862. The van der Waals surface area contributed by atoms with Gasteiger partial charge in [0, 0.05) is 68.8 Å². The Bertz CT molecular complexity index is 4020. The van der Waals surface area contributed by atoms with Crippen molar-refractivity contribution in [2.24, 2.45) is 144 Å². The highest BCUT2D eigenvalue weighted by Gasteiger charge is 2.66. The SMILES string of the molecule is C=C(C(=O)OC)[C@@H]1CC[C@@H](C)[C@@H]2CCC(C)=C[C@@H]21.C=C[C@](C)(O)CC[C@@H]1[C@@]2(C)CCCC(C)(C)[C@@H]2C(=O)C[C@@]1(C)O.CC(=O)O[C@@H]1C[C@@H]2C[C@H](C)C(=O)C[C@]2(C)[C@H]2CC[C@]3(C)[C@@H]([C@H](C)CCC(=O)O)CC[C@H]3[C@H]12.CC(C)C1=CC2=CC[C@H]3C(C)(C)CC(=O)C[C@]3(C)[C@H]2CC1.Cc1ccc2c(c1)CC[C@@H]1[C@@H]2C[C@@H](O)[C@]2(C)C(=O)CC[C@@H]12.O=C=O. The number of carboxylic acids is 1. The summed E-state index contributed by atoms with van der Waals surface area (Å²) in [6.45, 7) is 48.8. The zero-order valence-corrected chi connectivity index (χ0v) is 76.4. The number of benzene rings is 1. The number of carbonyl (C=O) groups excluding carboxylic acids is 8. The van der Waals surface area contributed by atoms with Crippen LogP contribution in [0.2, 0.25) is 0 Å². The van der Waals surface area contributed by atoms with Crippen molar-refractivity contribution in [3.8, 4) is 0 Å². The number of Topliss-reactive ketones (excluding diaryl/α,β-unsaturated/α-hetero) is 4. The zero-order chi connectivity index (χ0) is 87.3. The van der Waals surface area contributed by atoms with Crippen LogP contribution in [0.25, 0.3) is 0 Å². The van der Waals surface area contributed by atoms with Gasteiger partial charge in [0.1, 0.15) is 29.2 Å². The largest absolute Gasteiger partial charge is 0.481 e. The first-order valence-electron chi connectivity index (χ1n) is 46.2. The summed E-state index contributed by atoms with van der Waals surface area (Å²) in [6.07, 6.45) is 35.9. The lowest BCUT2D eigenvalue weighted by Crippen LogP contribution is -2.61. The first kappa shape index (κ1) is 94.5. The van der Waals surface area contributed by atoms with Crippen LogP contribution < -0.4 is 0 Å². The molecule has 0 spiro atoms. The fraction of sp³-hybridized carbons (Fsp3) is 0.767. The second-order valence-corrected chi connectivity index (χ2v) is 44.2. The third kappa shape index (κ3) is 18.9. The Labute approximate surface area is 709 Å². The van der Waals surface area contributed by atoms with Crippen LogP contribution in [0.3, 0.4) is 0 Å². The second-order valence-electron chi connectivity index (χ2n) is 44.2. The van der Waals surface area contributed by atoms with Gasteiger partial charge in [-0.15, -0.1) is 6.58 Å². The number of aryl methyl sites for hydroxylation is 2. The maximum atomic E-state index is 12.8. The van der Waals surface area contributed by atoms with Crippen molar-refractivity contribution >= 4 is 47.2 Å². The molecule has 4 N–H and O–H groups in total. The Morgan fingerprint density at radius 3 is 2.08 bits per heavy atom. The van der Waals surface area contributed by atoms with E-state index in [0.29, 0.717) is 131 Å². The number of hydrogen-bond donors (Lipinski definition) is 4. The highest BCUT2D eigenvalue weighted by molar-refractivity contribution is 5.89. The van der Waals surface area contributed by atoms with E-state index in [1.807, 2.05) is 6.92 Å². The minimum Gasteiger partial charge on any atom is -0.481 e. The topological polar surface area (TPSA) is 253 Å². The summed E-state index contributed by atoms with van der Waals surface area (Å²) in [7, 11) is 1.44. The molecule has 0 bridgehead atoms. The van der Waals surface area contributed by atoms with E-state index in [4.69, 9.17) is 19.1 Å². The molecule has 0 aromatic heterocycles. The van der Waals surface area contributed by atoms with E-state index in [0.717, 1.165) is 115 Å². The normalized spacial score (nSPS) is 40.6. The van der Waals surface area contributed by atoms with Gasteiger partial charge in [-0.25, -0.2) is 4.79 Å². The first-order valence-corrected chi connectivity index (χ1v) is 46.2. The molecule has 10 fully saturated rings. The number of aliphatic hydroxyl groups is 3. The van der Waals surface area contributed by atoms with Gasteiger partial charge in [-0.2, -0.15) is 9.59 Å². The Morgan fingerprint density at radius 1 is 0.746 bits per heavy atom. The van der Waals surface area contributed by atoms with Crippen molar-refractivity contribution in [3.63, 3.8) is 0 Å². The smallest absolute Gasteiger partial charge is 0.373 e. The molecule has 14 aliphatic rings. The number of methoxy groups -OCH3 is 1. The molecule has 0 aliphatic heterocycles. The lowest BCUT2D eigenvalue weighted by atomic mass is 9.43. The third-order valence-corrected chi connectivity index (χ3v) is 35.6. The van der Waals surface area contributed by atoms with Gasteiger partial charge in [0.05, 0.1) is 29.8 Å². The number of ether oxygens (including phenoxy) is 2. The molecule has 14 aliphatic carbocycles. The van der Waals surface area contributed by atoms with Gasteiger partial charge < -0.3 is 29.9 Å². The zero-order valence-electron chi connectivity index (χ0n) is 76.4. The molecule has 1 aromatic rings. The van der Waals surface area contributed by atoms with Crippen molar-refractivity contribution in [3.05, 3.63) is 94.6 Å². The predicted octanol–water partition coefficient (Wildman–Crippen LogP) is 21.2. The maximum absolute atomic E-state index is 12.8. The molecule has 0 radical (unpaired) electrons. The standard InChI is InChI=1S/C27H42O5.C20H34O3.C20H30O.C19H24O2.C16H24O2.CO2/c1-15(6-9-24(30)31)19-7-8-20-25-21(10-11-26(19,20)4)27(5)14-22(29)16(2)12-18(27)13-23(25)32-17(3)28;1-7-18(4,22)12-9-15-19(5)11-8-10-17(2,3)16(19)14(21)13-20(15,6)23;1-13(2)14-6-8-17-15(10-14)7-9-18-19(3,4)11-16(21)12-20(17,18)5;1-11-3-5-13-12(9-11)4-6-14-15(13)10-18(21)19(2)16(14)7-8-17(19)20;1-10-5-7-13-11(2)6-8-14(15(13)9-10)12(3)16(17)18-4;2-1-3/h15-16,18-21,23,25H,6-14H2,1-5H3,(H,30,31);7,15-16,22-23H,1,8-13H2,2-6H3;7,10,13,17-18H,6,8-9,11-12H2,1-5H3;3,5,9,14-16,18,21H,4,6-8,10H2,1-2H3;9,11,13-15H,3,5-8H2,1-2,4H3;/t15-,16+,18+,19-,20+,21+,23-,25+,26-,27+;15-,16+,18+,19-,20-;17-,18-,20+;14-,15-,16+,18-,19+;11-,13+,14+,15+;/m11011./s1. The van der Waals surface area contributed by atoms with Crippen LogP contribution in [0, 0.1) is 151 Å². The molecule has 0 saturated heterocycles. The lowest BCUT2D eigenvalue weighted by molar-refractivity contribution is -0.192. The molecule has 10 saturated carbocycles. The molecular formula is C103H154O15. The molecule has 0 unspecified atom stereocenters. The summed E-state index contributed by atoms with van der Waals surface area (Å²) in [4.78, 5) is 102. The minimum atomic E-state index is -0.993. The Kier molecular flexibility index (Phi) is 29.3. The Balaban J connectivity index is 0.000000156. The van der Waals surface area contributed by atoms with Crippen LogP contribution in [0.4, 0.5) is 0 Å². The highest BCUT2D eigenvalue weighted by Crippen LogP contribution is 2.70. The van der Waals surface area contributed by atoms with Crippen LogP contribution in [0.1, 0.15) is 327 Å². The van der Waals surface area contributed by atoms with Crippen LogP contribution in [0.5, 0.6) is 0 Å². The molecule has 0 amide bonds. The summed E-state index contributed by atoms with van der Waals surface area (Å²) in [5.41, 5.74) is 7.43. The van der Waals surface area contributed by atoms with Crippen molar-refractivity contribution in [2.45, 2.75) is 347 Å². The fourth-order valence-corrected chi connectivity index (χ4v) is 29.7. The highest BCUT2D eigenvalue weighted by atomic mass is 16.5. The summed E-state index contributed by atoms with van der Waals surface area (Å²) in [6, 6.07) is 6.78. The van der Waals surface area contributed by atoms with E-state index < -0.39 is 28.7 Å². The molecule has 118 heavy (non-hydrogen) atoms. The first-order chi connectivity index (χ1) is 55.0. The molecule has 27 atom stereocenters.